The Morgan fingerprint density at radius 1 is 1.03 bits per heavy atom. The normalized spacial score (nSPS) is 14.6. The van der Waals surface area contributed by atoms with Crippen molar-refractivity contribution in [1.82, 2.24) is 0 Å². The van der Waals surface area contributed by atoms with Crippen LogP contribution in [0.5, 0.6) is 0 Å². The first-order valence-corrected chi connectivity index (χ1v) is 12.9. The molecule has 4 rings (SSSR count). The topological polar surface area (TPSA) is 93.4 Å². The van der Waals surface area contributed by atoms with Gasteiger partial charge in [-0.3, -0.25) is 4.79 Å². The predicted octanol–water partition coefficient (Wildman–Crippen LogP) is 6.52. The molecule has 6 nitrogen and oxygen atoms in total. The lowest BCUT2D eigenvalue weighted by atomic mass is 9.69. The Bertz CT molecular complexity index is 1380. The van der Waals surface area contributed by atoms with E-state index in [2.05, 4.69) is 11.4 Å². The van der Waals surface area contributed by atoms with E-state index < -0.39 is 11.4 Å². The quantitative estimate of drug-likeness (QED) is 0.339. The molecular weight excluding hydrogens is 474 g/mol. The second-order valence-electron chi connectivity index (χ2n) is 10.2. The first-order valence-electron chi connectivity index (χ1n) is 12.9. The van der Waals surface area contributed by atoms with E-state index in [-0.39, 0.29) is 5.91 Å². The number of nitrogens with zero attached hydrogens (tertiary/aromatic N) is 2. The summed E-state index contributed by atoms with van der Waals surface area (Å²) in [7, 11) is 3.99. The maximum atomic E-state index is 13.7. The highest BCUT2D eigenvalue weighted by Gasteiger charge is 2.39. The Balaban J connectivity index is 1.58. The fraction of sp³-hybridized carbons (Fsp3) is 0.281. The Morgan fingerprint density at radius 3 is 2.42 bits per heavy atom. The molecule has 2 N–H and O–H groups in total. The number of hydrogen-bond donors (Lipinski definition) is 2. The average Bonchev–Trinajstić information content (AvgIpc) is 2.92. The summed E-state index contributed by atoms with van der Waals surface area (Å²) in [5, 5.41) is 21.9. The lowest BCUT2D eigenvalue weighted by Gasteiger charge is -2.36. The fourth-order valence-corrected chi connectivity index (χ4v) is 5.24. The summed E-state index contributed by atoms with van der Waals surface area (Å²) < 4.78 is 0. The van der Waals surface area contributed by atoms with Crippen LogP contribution >= 0.6 is 0 Å². The van der Waals surface area contributed by atoms with Gasteiger partial charge >= 0.3 is 5.97 Å². The van der Waals surface area contributed by atoms with E-state index in [9.17, 15) is 14.9 Å². The molecule has 0 atom stereocenters. The van der Waals surface area contributed by atoms with Gasteiger partial charge in [0.25, 0.3) is 0 Å². The van der Waals surface area contributed by atoms with E-state index in [1.54, 1.807) is 18.2 Å². The van der Waals surface area contributed by atoms with Crippen molar-refractivity contribution in [3.63, 3.8) is 0 Å². The predicted molar refractivity (Wildman–Crippen MR) is 152 cm³/mol. The van der Waals surface area contributed by atoms with Crippen LogP contribution in [0.4, 0.5) is 11.4 Å². The molecule has 0 bridgehead atoms. The number of carboxylic acid groups (broad SMARTS) is 1. The van der Waals surface area contributed by atoms with Crippen molar-refractivity contribution in [3.8, 4) is 17.2 Å². The number of benzene rings is 3. The highest BCUT2D eigenvalue weighted by atomic mass is 16.4. The standard InChI is InChI=1S/C32H33N3O3/c1-35(2)28-13-11-25(12-14-28)29-15-9-24(19-26(29)22-33)21-32(17-4-3-5-18-32)31(38)34-27-8-6-7-23(20-27)10-16-30(36)37/h6-16,19-20H,3-5,17-18,21H2,1-2H3,(H,34,38)(H,36,37)/b16-10+. The molecule has 1 aliphatic carbocycles. The molecule has 1 fully saturated rings. The molecule has 1 saturated carbocycles. The van der Waals surface area contributed by atoms with Crippen LogP contribution in [0.2, 0.25) is 0 Å². The Hall–Kier alpha value is -4.37. The third-order valence-electron chi connectivity index (χ3n) is 7.30. The van der Waals surface area contributed by atoms with Crippen LogP contribution in [0.3, 0.4) is 0 Å². The van der Waals surface area contributed by atoms with Crippen molar-refractivity contribution < 1.29 is 14.7 Å². The van der Waals surface area contributed by atoms with Crippen molar-refractivity contribution in [2.45, 2.75) is 38.5 Å². The smallest absolute Gasteiger partial charge is 0.328 e. The second kappa shape index (κ2) is 11.8. The number of aliphatic carboxylic acids is 1. The number of nitriles is 1. The molecule has 1 amide bonds. The molecule has 0 saturated heterocycles. The van der Waals surface area contributed by atoms with Crippen LogP contribution in [0.25, 0.3) is 17.2 Å². The van der Waals surface area contributed by atoms with Crippen LogP contribution in [0, 0.1) is 16.7 Å². The Kier molecular flexibility index (Phi) is 8.28. The van der Waals surface area contributed by atoms with E-state index in [1.807, 2.05) is 67.5 Å². The fourth-order valence-electron chi connectivity index (χ4n) is 5.24. The summed E-state index contributed by atoms with van der Waals surface area (Å²) in [6, 6.07) is 23.6. The van der Waals surface area contributed by atoms with E-state index in [4.69, 9.17) is 5.11 Å². The minimum Gasteiger partial charge on any atom is -0.478 e. The molecule has 0 aliphatic heterocycles. The van der Waals surface area contributed by atoms with Gasteiger partial charge in [-0.15, -0.1) is 0 Å². The van der Waals surface area contributed by atoms with Gasteiger partial charge in [0.1, 0.15) is 0 Å². The van der Waals surface area contributed by atoms with Gasteiger partial charge < -0.3 is 15.3 Å². The minimum atomic E-state index is -1.02. The van der Waals surface area contributed by atoms with Gasteiger partial charge in [0, 0.05) is 31.5 Å². The van der Waals surface area contributed by atoms with Gasteiger partial charge in [-0.2, -0.15) is 5.26 Å². The number of anilines is 2. The molecule has 6 heteroatoms. The van der Waals surface area contributed by atoms with E-state index in [0.29, 0.717) is 23.2 Å². The zero-order valence-corrected chi connectivity index (χ0v) is 21.9. The molecule has 0 radical (unpaired) electrons. The Labute approximate surface area is 224 Å². The molecule has 1 aliphatic rings. The van der Waals surface area contributed by atoms with Crippen molar-refractivity contribution >= 4 is 29.3 Å². The number of amides is 1. The van der Waals surface area contributed by atoms with Crippen molar-refractivity contribution in [2.75, 3.05) is 24.3 Å². The number of rotatable bonds is 8. The molecular formula is C32H33N3O3. The maximum absolute atomic E-state index is 13.7. The Morgan fingerprint density at radius 2 is 1.76 bits per heavy atom. The van der Waals surface area contributed by atoms with Crippen LogP contribution in [0.1, 0.15) is 48.8 Å². The summed E-state index contributed by atoms with van der Waals surface area (Å²) in [4.78, 5) is 26.6. The molecule has 194 valence electrons. The molecule has 3 aromatic rings. The molecule has 3 aromatic carbocycles. The van der Waals surface area contributed by atoms with Crippen molar-refractivity contribution in [3.05, 3.63) is 89.5 Å². The molecule has 0 aromatic heterocycles. The molecule has 38 heavy (non-hydrogen) atoms. The molecule has 0 unspecified atom stereocenters. The van der Waals surface area contributed by atoms with E-state index in [0.717, 1.165) is 60.6 Å². The first kappa shape index (κ1) is 26.7. The molecule has 0 heterocycles. The number of carbonyl (C=O) groups is 2. The summed E-state index contributed by atoms with van der Waals surface area (Å²) >= 11 is 0. The summed E-state index contributed by atoms with van der Waals surface area (Å²) in [6.45, 7) is 0. The van der Waals surface area contributed by atoms with Gasteiger partial charge in [-0.05, 0) is 77.9 Å². The largest absolute Gasteiger partial charge is 0.478 e. The van der Waals surface area contributed by atoms with Crippen LogP contribution in [-0.4, -0.2) is 31.1 Å². The minimum absolute atomic E-state index is 0.0292. The second-order valence-corrected chi connectivity index (χ2v) is 10.2. The van der Waals surface area contributed by atoms with Crippen LogP contribution in [0.15, 0.2) is 72.8 Å². The summed E-state index contributed by atoms with van der Waals surface area (Å²) in [5.74, 6) is -1.05. The number of carbonyl (C=O) groups excluding carboxylic acids is 1. The van der Waals surface area contributed by atoms with Crippen molar-refractivity contribution in [2.24, 2.45) is 5.41 Å². The van der Waals surface area contributed by atoms with E-state index >= 15 is 0 Å². The number of hydrogen-bond acceptors (Lipinski definition) is 4. The lowest BCUT2D eigenvalue weighted by Crippen LogP contribution is -2.40. The summed E-state index contributed by atoms with van der Waals surface area (Å²) in [5.41, 5.74) is 5.33. The van der Waals surface area contributed by atoms with Gasteiger partial charge in [0.2, 0.25) is 5.91 Å². The van der Waals surface area contributed by atoms with Gasteiger partial charge in [-0.25, -0.2) is 4.79 Å². The van der Waals surface area contributed by atoms with E-state index in [1.165, 1.54) is 6.08 Å². The highest BCUT2D eigenvalue weighted by molar-refractivity contribution is 5.96. The third kappa shape index (κ3) is 6.30. The zero-order valence-electron chi connectivity index (χ0n) is 21.9. The van der Waals surface area contributed by atoms with Gasteiger partial charge in [0.15, 0.2) is 0 Å². The average molecular weight is 508 g/mol. The van der Waals surface area contributed by atoms with Crippen LogP contribution in [-0.2, 0) is 16.0 Å². The van der Waals surface area contributed by atoms with Gasteiger partial charge in [0.05, 0.1) is 17.0 Å². The van der Waals surface area contributed by atoms with Crippen molar-refractivity contribution in [1.29, 1.82) is 5.26 Å². The van der Waals surface area contributed by atoms with Gasteiger partial charge in [-0.1, -0.05) is 55.7 Å². The maximum Gasteiger partial charge on any atom is 0.328 e. The molecule has 0 spiro atoms. The van der Waals surface area contributed by atoms with Crippen LogP contribution < -0.4 is 10.2 Å². The zero-order chi connectivity index (χ0) is 27.1. The number of carboxylic acids is 1. The SMILES string of the molecule is CN(C)c1ccc(-c2ccc(CC3(C(=O)Nc4cccc(/C=C/C(=O)O)c4)CCCCC3)cc2C#N)cc1. The highest BCUT2D eigenvalue weighted by Crippen LogP contribution is 2.41. The number of nitrogens with one attached hydrogen (secondary N) is 1. The lowest BCUT2D eigenvalue weighted by molar-refractivity contribution is -0.131. The monoisotopic (exact) mass is 507 g/mol. The first-order chi connectivity index (χ1) is 18.3. The summed E-state index contributed by atoms with van der Waals surface area (Å²) in [6.07, 6.45) is 7.79. The third-order valence-corrected chi connectivity index (χ3v) is 7.30.